The monoisotopic (exact) mass is 263 g/mol. The molecule has 3 heteroatoms. The van der Waals surface area contributed by atoms with Gasteiger partial charge in [-0.25, -0.2) is 0 Å². The van der Waals surface area contributed by atoms with Gasteiger partial charge in [-0.2, -0.15) is 0 Å². The molecule has 0 bridgehead atoms. The molecule has 1 fully saturated rings. The van der Waals surface area contributed by atoms with E-state index in [2.05, 4.69) is 31.0 Å². The lowest BCUT2D eigenvalue weighted by atomic mass is 10.0. The molecule has 3 atom stereocenters. The van der Waals surface area contributed by atoms with Crippen molar-refractivity contribution in [3.05, 3.63) is 29.8 Å². The Hall–Kier alpha value is -1.06. The van der Waals surface area contributed by atoms with Crippen LogP contribution in [0, 0.1) is 0 Å². The van der Waals surface area contributed by atoms with E-state index in [-0.39, 0.29) is 6.10 Å². The molecule has 0 aromatic heterocycles. The summed E-state index contributed by atoms with van der Waals surface area (Å²) in [7, 11) is 3.84. The number of benzene rings is 1. The van der Waals surface area contributed by atoms with Crippen molar-refractivity contribution in [2.75, 3.05) is 14.2 Å². The smallest absolute Gasteiger partial charge is 0.122 e. The minimum Gasteiger partial charge on any atom is -0.496 e. The number of methoxy groups -OCH3 is 1. The standard InChI is InChI=1S/C16H25NO2/c1-12(17(2)14-8-6-9-15(14)18)11-13-7-4-5-10-16(13)19-3/h4-5,7,10,12,14-15,18H,6,8-9,11H2,1-3H3/t12?,14-,15-/m0/s1. The van der Waals surface area contributed by atoms with E-state index in [1.54, 1.807) is 7.11 Å². The SMILES string of the molecule is COc1ccccc1CC(C)N(C)[C@H]1CCC[C@@H]1O. The molecule has 0 radical (unpaired) electrons. The lowest BCUT2D eigenvalue weighted by Gasteiger charge is -2.33. The number of likely N-dealkylation sites (N-methyl/N-ethyl adjacent to an activating group) is 1. The van der Waals surface area contributed by atoms with Crippen molar-refractivity contribution in [1.29, 1.82) is 0 Å². The maximum absolute atomic E-state index is 10.0. The highest BCUT2D eigenvalue weighted by atomic mass is 16.5. The predicted molar refractivity (Wildman–Crippen MR) is 77.6 cm³/mol. The Bertz CT molecular complexity index is 407. The van der Waals surface area contributed by atoms with Crippen LogP contribution in [-0.4, -0.2) is 42.4 Å². The lowest BCUT2D eigenvalue weighted by molar-refractivity contribution is 0.0655. The lowest BCUT2D eigenvalue weighted by Crippen LogP contribution is -2.43. The molecule has 0 saturated heterocycles. The first-order valence-corrected chi connectivity index (χ1v) is 7.15. The summed E-state index contributed by atoms with van der Waals surface area (Å²) in [5.74, 6) is 0.953. The number of nitrogens with zero attached hydrogens (tertiary/aromatic N) is 1. The molecule has 3 nitrogen and oxygen atoms in total. The van der Waals surface area contributed by atoms with Gasteiger partial charge in [0.25, 0.3) is 0 Å². The van der Waals surface area contributed by atoms with E-state index in [0.29, 0.717) is 12.1 Å². The van der Waals surface area contributed by atoms with Crippen LogP contribution in [0.5, 0.6) is 5.75 Å². The van der Waals surface area contributed by atoms with Crippen LogP contribution >= 0.6 is 0 Å². The number of para-hydroxylation sites is 1. The molecule has 1 N–H and O–H groups in total. The molecule has 1 aromatic rings. The van der Waals surface area contributed by atoms with Gasteiger partial charge in [0.15, 0.2) is 0 Å². The number of rotatable bonds is 5. The summed E-state index contributed by atoms with van der Waals surface area (Å²) in [6.45, 7) is 2.22. The van der Waals surface area contributed by atoms with Gasteiger partial charge in [0.1, 0.15) is 5.75 Å². The van der Waals surface area contributed by atoms with Crippen molar-refractivity contribution in [2.45, 2.75) is 50.8 Å². The maximum Gasteiger partial charge on any atom is 0.122 e. The number of hydrogen-bond acceptors (Lipinski definition) is 3. The van der Waals surface area contributed by atoms with Crippen LogP contribution < -0.4 is 4.74 Å². The minimum absolute atomic E-state index is 0.162. The van der Waals surface area contributed by atoms with E-state index < -0.39 is 0 Å². The second kappa shape index (κ2) is 6.40. The Morgan fingerprint density at radius 2 is 2.11 bits per heavy atom. The molecule has 0 aliphatic heterocycles. The summed E-state index contributed by atoms with van der Waals surface area (Å²) >= 11 is 0. The van der Waals surface area contributed by atoms with E-state index in [1.165, 1.54) is 5.56 Å². The third-order valence-electron chi connectivity index (χ3n) is 4.37. The molecule has 0 amide bonds. The first-order valence-electron chi connectivity index (χ1n) is 7.15. The Labute approximate surface area is 116 Å². The van der Waals surface area contributed by atoms with Gasteiger partial charge in [0.2, 0.25) is 0 Å². The molecule has 0 spiro atoms. The molecule has 1 saturated carbocycles. The topological polar surface area (TPSA) is 32.7 Å². The van der Waals surface area contributed by atoms with Crippen molar-refractivity contribution >= 4 is 0 Å². The zero-order chi connectivity index (χ0) is 13.8. The van der Waals surface area contributed by atoms with Crippen molar-refractivity contribution in [3.8, 4) is 5.75 Å². The second-order valence-electron chi connectivity index (χ2n) is 5.60. The van der Waals surface area contributed by atoms with Crippen LogP contribution in [0.3, 0.4) is 0 Å². The summed E-state index contributed by atoms with van der Waals surface area (Å²) in [5.41, 5.74) is 1.23. The van der Waals surface area contributed by atoms with Gasteiger partial charge in [0.05, 0.1) is 13.2 Å². The molecule has 106 valence electrons. The molecule has 1 unspecified atom stereocenters. The van der Waals surface area contributed by atoms with Gasteiger partial charge >= 0.3 is 0 Å². The van der Waals surface area contributed by atoms with Crippen molar-refractivity contribution < 1.29 is 9.84 Å². The highest BCUT2D eigenvalue weighted by molar-refractivity contribution is 5.33. The number of aliphatic hydroxyl groups excluding tert-OH is 1. The first kappa shape index (κ1) is 14.4. The fourth-order valence-corrected chi connectivity index (χ4v) is 3.06. The maximum atomic E-state index is 10.0. The average Bonchev–Trinajstić information content (AvgIpc) is 2.84. The minimum atomic E-state index is -0.162. The molecule has 2 rings (SSSR count). The molecular formula is C16H25NO2. The Morgan fingerprint density at radius 3 is 2.74 bits per heavy atom. The van der Waals surface area contributed by atoms with E-state index in [4.69, 9.17) is 4.74 Å². The Balaban J connectivity index is 2.01. The summed E-state index contributed by atoms with van der Waals surface area (Å²) in [6.07, 6.45) is 3.97. The largest absolute Gasteiger partial charge is 0.496 e. The van der Waals surface area contributed by atoms with Crippen molar-refractivity contribution in [1.82, 2.24) is 4.90 Å². The van der Waals surface area contributed by atoms with E-state index in [1.807, 2.05) is 12.1 Å². The quantitative estimate of drug-likeness (QED) is 0.886. The zero-order valence-electron chi connectivity index (χ0n) is 12.2. The van der Waals surface area contributed by atoms with Crippen LogP contribution in [0.2, 0.25) is 0 Å². The highest BCUT2D eigenvalue weighted by Gasteiger charge is 2.31. The normalized spacial score (nSPS) is 24.7. The predicted octanol–water partition coefficient (Wildman–Crippen LogP) is 2.47. The number of ether oxygens (including phenoxy) is 1. The van der Waals surface area contributed by atoms with Gasteiger partial charge in [0, 0.05) is 12.1 Å². The molecule has 1 aliphatic carbocycles. The molecule has 1 aliphatic rings. The van der Waals surface area contributed by atoms with Gasteiger partial charge < -0.3 is 9.84 Å². The fraction of sp³-hybridized carbons (Fsp3) is 0.625. The van der Waals surface area contributed by atoms with Crippen LogP contribution in [0.4, 0.5) is 0 Å². The highest BCUT2D eigenvalue weighted by Crippen LogP contribution is 2.27. The fourth-order valence-electron chi connectivity index (χ4n) is 3.06. The first-order chi connectivity index (χ1) is 9.13. The van der Waals surface area contributed by atoms with Crippen LogP contribution in [0.25, 0.3) is 0 Å². The molecule has 19 heavy (non-hydrogen) atoms. The number of aliphatic hydroxyl groups is 1. The number of hydrogen-bond donors (Lipinski definition) is 1. The van der Waals surface area contributed by atoms with Crippen LogP contribution in [0.1, 0.15) is 31.7 Å². The summed E-state index contributed by atoms with van der Waals surface area (Å²) in [5, 5.41) is 10.0. The van der Waals surface area contributed by atoms with Gasteiger partial charge in [-0.15, -0.1) is 0 Å². The summed E-state index contributed by atoms with van der Waals surface area (Å²) < 4.78 is 5.40. The third kappa shape index (κ3) is 3.28. The Kier molecular flexibility index (Phi) is 4.83. The van der Waals surface area contributed by atoms with Gasteiger partial charge in [-0.1, -0.05) is 18.2 Å². The molecule has 0 heterocycles. The second-order valence-corrected chi connectivity index (χ2v) is 5.60. The van der Waals surface area contributed by atoms with Crippen LogP contribution in [-0.2, 0) is 6.42 Å². The van der Waals surface area contributed by atoms with E-state index in [9.17, 15) is 5.11 Å². The van der Waals surface area contributed by atoms with Crippen LogP contribution in [0.15, 0.2) is 24.3 Å². The molecular weight excluding hydrogens is 238 g/mol. The Morgan fingerprint density at radius 1 is 1.37 bits per heavy atom. The van der Waals surface area contributed by atoms with Crippen molar-refractivity contribution in [3.63, 3.8) is 0 Å². The average molecular weight is 263 g/mol. The van der Waals surface area contributed by atoms with Crippen molar-refractivity contribution in [2.24, 2.45) is 0 Å². The summed E-state index contributed by atoms with van der Waals surface area (Å²) in [4.78, 5) is 2.32. The summed E-state index contributed by atoms with van der Waals surface area (Å²) in [6, 6.07) is 8.88. The van der Waals surface area contributed by atoms with E-state index in [0.717, 1.165) is 31.4 Å². The van der Waals surface area contributed by atoms with E-state index >= 15 is 0 Å². The third-order valence-corrected chi connectivity index (χ3v) is 4.37. The molecule has 1 aromatic carbocycles. The zero-order valence-corrected chi connectivity index (χ0v) is 12.2. The van der Waals surface area contributed by atoms with Gasteiger partial charge in [-0.05, 0) is 51.3 Å². The van der Waals surface area contributed by atoms with Gasteiger partial charge in [-0.3, -0.25) is 4.90 Å².